The lowest BCUT2D eigenvalue weighted by atomic mass is 9.67. The summed E-state index contributed by atoms with van der Waals surface area (Å²) in [5.74, 6) is 0.643. The Kier molecular flexibility index (Phi) is 9.94. The molecule has 11 rings (SSSR count). The number of benzene rings is 9. The van der Waals surface area contributed by atoms with Gasteiger partial charge in [0, 0.05) is 17.1 Å². The van der Waals surface area contributed by atoms with Crippen LogP contribution in [0.15, 0.2) is 231 Å². The highest BCUT2D eigenvalue weighted by molar-refractivity contribution is 5.97. The SMILES string of the molecule is c1ccc(-c2ccccc2-c2ccc(N(c3ccc(C4CCCCC4)cc3)c3ccc4c(c3)C(c3ccccc3)(c3ccccc3)c3cccc(-c5ccccc5)c3-4)cc2)cc1. The molecule has 0 bridgehead atoms. The first kappa shape index (κ1) is 37.8. The zero-order valence-electron chi connectivity index (χ0n) is 35.0. The van der Waals surface area contributed by atoms with Gasteiger partial charge in [-0.1, -0.05) is 213 Å². The van der Waals surface area contributed by atoms with Crippen molar-refractivity contribution in [2.75, 3.05) is 4.90 Å². The van der Waals surface area contributed by atoms with Crippen molar-refractivity contribution >= 4 is 17.1 Å². The van der Waals surface area contributed by atoms with Crippen molar-refractivity contribution in [1.82, 2.24) is 0 Å². The second-order valence-electron chi connectivity index (χ2n) is 17.0. The molecule has 0 aliphatic heterocycles. The minimum absolute atomic E-state index is 0.546. The quantitative estimate of drug-likeness (QED) is 0.141. The lowest BCUT2D eigenvalue weighted by molar-refractivity contribution is 0.443. The predicted molar refractivity (Wildman–Crippen MR) is 261 cm³/mol. The molecule has 2 aliphatic carbocycles. The van der Waals surface area contributed by atoms with Crippen molar-refractivity contribution in [1.29, 1.82) is 0 Å². The lowest BCUT2D eigenvalue weighted by Crippen LogP contribution is -2.28. The summed E-state index contributed by atoms with van der Waals surface area (Å²) in [6.45, 7) is 0. The van der Waals surface area contributed by atoms with Crippen molar-refractivity contribution in [3.63, 3.8) is 0 Å². The third kappa shape index (κ3) is 6.57. The normalized spacial score (nSPS) is 14.2. The summed E-state index contributed by atoms with van der Waals surface area (Å²) in [6.07, 6.45) is 6.58. The molecule has 1 saturated carbocycles. The Morgan fingerprint density at radius 1 is 0.339 bits per heavy atom. The minimum atomic E-state index is -0.546. The summed E-state index contributed by atoms with van der Waals surface area (Å²) in [4.78, 5) is 2.47. The maximum Gasteiger partial charge on any atom is 0.0714 e. The van der Waals surface area contributed by atoms with Crippen molar-refractivity contribution < 1.29 is 0 Å². The Hall–Kier alpha value is -7.22. The average Bonchev–Trinajstić information content (AvgIpc) is 3.66. The van der Waals surface area contributed by atoms with Crippen LogP contribution >= 0.6 is 0 Å². The van der Waals surface area contributed by atoms with Crippen molar-refractivity contribution in [3.05, 3.63) is 258 Å². The maximum absolute atomic E-state index is 2.50. The molecule has 1 fully saturated rings. The molecule has 0 aromatic heterocycles. The monoisotopic (exact) mass is 795 g/mol. The van der Waals surface area contributed by atoms with E-state index in [2.05, 4.69) is 235 Å². The minimum Gasteiger partial charge on any atom is -0.310 e. The molecular formula is C61H49N. The highest BCUT2D eigenvalue weighted by Crippen LogP contribution is 2.59. The Balaban J connectivity index is 1.12. The smallest absolute Gasteiger partial charge is 0.0714 e. The predicted octanol–water partition coefficient (Wildman–Crippen LogP) is 16.6. The van der Waals surface area contributed by atoms with Crippen LogP contribution in [0.1, 0.15) is 65.8 Å². The molecule has 0 saturated heterocycles. The number of hydrogen-bond donors (Lipinski definition) is 0. The summed E-state index contributed by atoms with van der Waals surface area (Å²) in [7, 11) is 0. The van der Waals surface area contributed by atoms with E-state index < -0.39 is 5.41 Å². The van der Waals surface area contributed by atoms with Crippen LogP contribution in [-0.4, -0.2) is 0 Å². The lowest BCUT2D eigenvalue weighted by Gasteiger charge is -2.35. The zero-order chi connectivity index (χ0) is 41.3. The van der Waals surface area contributed by atoms with Gasteiger partial charge in [0.05, 0.1) is 5.41 Å². The summed E-state index contributed by atoms with van der Waals surface area (Å²) < 4.78 is 0. The van der Waals surface area contributed by atoms with Crippen LogP contribution in [0, 0.1) is 0 Å². The van der Waals surface area contributed by atoms with Gasteiger partial charge in [0.15, 0.2) is 0 Å². The van der Waals surface area contributed by atoms with Crippen LogP contribution in [0.5, 0.6) is 0 Å². The second-order valence-corrected chi connectivity index (χ2v) is 17.0. The zero-order valence-corrected chi connectivity index (χ0v) is 35.0. The molecule has 0 amide bonds. The van der Waals surface area contributed by atoms with Crippen LogP contribution < -0.4 is 4.90 Å². The van der Waals surface area contributed by atoms with Crippen molar-refractivity contribution in [2.24, 2.45) is 0 Å². The molecule has 1 nitrogen and oxygen atoms in total. The largest absolute Gasteiger partial charge is 0.310 e. The van der Waals surface area contributed by atoms with Crippen molar-refractivity contribution in [2.45, 2.75) is 43.4 Å². The first-order valence-electron chi connectivity index (χ1n) is 22.4. The fourth-order valence-electron chi connectivity index (χ4n) is 10.7. The molecule has 9 aromatic rings. The van der Waals surface area contributed by atoms with E-state index in [9.17, 15) is 0 Å². The third-order valence-corrected chi connectivity index (χ3v) is 13.6. The summed E-state index contributed by atoms with van der Waals surface area (Å²) in [5, 5.41) is 0. The Labute approximate surface area is 366 Å². The molecule has 0 heterocycles. The number of nitrogens with zero attached hydrogens (tertiary/aromatic N) is 1. The standard InChI is InChI=1S/C61H49N/c1-6-19-44(20-7-1)45-33-37-51(38-34-45)62(52-39-35-48(36-40-52)55-30-17-16-29-54(55)46-21-8-2-9-22-46)53-41-42-57-59(43-53)61(49-25-12-4-13-26-49,50-27-14-5-15-28-50)58-32-18-31-56(60(57)58)47-23-10-3-11-24-47/h2-5,8-18,21-44H,1,6-7,19-20H2. The highest BCUT2D eigenvalue weighted by Gasteiger charge is 2.47. The van der Waals surface area contributed by atoms with Gasteiger partial charge >= 0.3 is 0 Å². The molecule has 0 spiro atoms. The van der Waals surface area contributed by atoms with Gasteiger partial charge in [0.1, 0.15) is 0 Å². The van der Waals surface area contributed by atoms with Gasteiger partial charge < -0.3 is 4.90 Å². The molecule has 2 aliphatic rings. The summed E-state index contributed by atoms with van der Waals surface area (Å²) in [5.41, 5.74) is 19.4. The number of fused-ring (bicyclic) bond motifs is 3. The Morgan fingerprint density at radius 2 is 0.806 bits per heavy atom. The van der Waals surface area contributed by atoms with Gasteiger partial charge in [-0.05, 0) is 127 Å². The molecule has 62 heavy (non-hydrogen) atoms. The van der Waals surface area contributed by atoms with Gasteiger partial charge in [0.2, 0.25) is 0 Å². The first-order chi connectivity index (χ1) is 30.8. The van der Waals surface area contributed by atoms with Gasteiger partial charge in [-0.2, -0.15) is 0 Å². The van der Waals surface area contributed by atoms with E-state index in [1.807, 2.05) is 0 Å². The van der Waals surface area contributed by atoms with E-state index in [-0.39, 0.29) is 0 Å². The van der Waals surface area contributed by atoms with Gasteiger partial charge in [0.25, 0.3) is 0 Å². The van der Waals surface area contributed by atoms with Gasteiger partial charge in [-0.25, -0.2) is 0 Å². The fraction of sp³-hybridized carbons (Fsp3) is 0.115. The Bertz CT molecular complexity index is 2910. The molecule has 1 heteroatoms. The van der Waals surface area contributed by atoms with E-state index in [0.29, 0.717) is 5.92 Å². The Morgan fingerprint density at radius 3 is 1.39 bits per heavy atom. The number of hydrogen-bond acceptors (Lipinski definition) is 1. The van der Waals surface area contributed by atoms with E-state index >= 15 is 0 Å². The molecule has 0 N–H and O–H groups in total. The topological polar surface area (TPSA) is 3.24 Å². The van der Waals surface area contributed by atoms with Gasteiger partial charge in [-0.3, -0.25) is 0 Å². The number of rotatable bonds is 9. The van der Waals surface area contributed by atoms with Crippen molar-refractivity contribution in [3.8, 4) is 44.5 Å². The first-order valence-corrected chi connectivity index (χ1v) is 22.4. The van der Waals surface area contributed by atoms with Crippen LogP contribution in [0.4, 0.5) is 17.1 Å². The van der Waals surface area contributed by atoms with Crippen LogP contribution in [0.3, 0.4) is 0 Å². The van der Waals surface area contributed by atoms with Crippen LogP contribution in [0.25, 0.3) is 44.5 Å². The van der Waals surface area contributed by atoms with E-state index in [0.717, 1.165) is 17.1 Å². The fourth-order valence-corrected chi connectivity index (χ4v) is 10.7. The highest BCUT2D eigenvalue weighted by atomic mass is 15.1. The molecule has 298 valence electrons. The molecule has 0 radical (unpaired) electrons. The summed E-state index contributed by atoms with van der Waals surface area (Å²) >= 11 is 0. The molecule has 9 aromatic carbocycles. The number of anilines is 3. The van der Waals surface area contributed by atoms with Gasteiger partial charge in [-0.15, -0.1) is 0 Å². The van der Waals surface area contributed by atoms with E-state index in [4.69, 9.17) is 0 Å². The van der Waals surface area contributed by atoms with E-state index in [1.54, 1.807) is 0 Å². The van der Waals surface area contributed by atoms with E-state index in [1.165, 1.54) is 104 Å². The second kappa shape index (κ2) is 16.3. The molecule has 0 atom stereocenters. The van der Waals surface area contributed by atoms with Crippen LogP contribution in [0.2, 0.25) is 0 Å². The van der Waals surface area contributed by atoms with Crippen LogP contribution in [-0.2, 0) is 5.41 Å². The molecular weight excluding hydrogens is 747 g/mol. The third-order valence-electron chi connectivity index (χ3n) is 13.6. The molecule has 0 unspecified atom stereocenters. The summed E-state index contributed by atoms with van der Waals surface area (Å²) in [6, 6.07) is 85.6. The maximum atomic E-state index is 2.50. The average molecular weight is 796 g/mol.